The first-order valence-electron chi connectivity index (χ1n) is 8.72. The lowest BCUT2D eigenvalue weighted by Gasteiger charge is -2.36. The van der Waals surface area contributed by atoms with Crippen molar-refractivity contribution in [1.82, 2.24) is 9.80 Å². The van der Waals surface area contributed by atoms with E-state index in [2.05, 4.69) is 9.80 Å². The second-order valence-electron chi connectivity index (χ2n) is 6.20. The minimum absolute atomic E-state index is 0. The van der Waals surface area contributed by atoms with Crippen LogP contribution in [0.2, 0.25) is 5.02 Å². The molecule has 1 aliphatic rings. The van der Waals surface area contributed by atoms with Gasteiger partial charge < -0.3 is 9.64 Å². The largest absolute Gasteiger partial charge is 0.494 e. The van der Waals surface area contributed by atoms with Gasteiger partial charge in [0.25, 0.3) is 0 Å². The summed E-state index contributed by atoms with van der Waals surface area (Å²) in [6.45, 7) is 5.53. The van der Waals surface area contributed by atoms with Crippen molar-refractivity contribution in [1.29, 1.82) is 5.41 Å². The molecular weight excluding hydrogens is 405 g/mol. The fourth-order valence-corrected chi connectivity index (χ4v) is 3.11. The summed E-state index contributed by atoms with van der Waals surface area (Å²) in [5, 5.41) is 9.08. The number of piperazine rings is 1. The molecule has 0 aliphatic carbocycles. The van der Waals surface area contributed by atoms with Crippen LogP contribution >= 0.6 is 36.4 Å². The Morgan fingerprint density at radius 3 is 2.19 bits per heavy atom. The molecule has 0 spiro atoms. The highest BCUT2D eigenvalue weighted by molar-refractivity contribution is 6.30. The predicted molar refractivity (Wildman–Crippen MR) is 117 cm³/mol. The maximum atomic E-state index is 8.37. The standard InChI is InChI=1S/C20H24ClN3O.2ClH/c21-18-9-7-17(8-10-18)20(22)24-14-12-23(13-15-24)11-4-16-25-19-5-2-1-3-6-19;;/h1-3,5-10,22H,4,11-16H2;2*1H. The first-order chi connectivity index (χ1) is 12.2. The quantitative estimate of drug-likeness (QED) is 0.414. The van der Waals surface area contributed by atoms with E-state index in [1.165, 1.54) is 0 Å². The third-order valence-corrected chi connectivity index (χ3v) is 4.69. The highest BCUT2D eigenvalue weighted by atomic mass is 35.5. The third-order valence-electron chi connectivity index (χ3n) is 4.44. The van der Waals surface area contributed by atoms with Gasteiger partial charge in [0, 0.05) is 43.3 Å². The van der Waals surface area contributed by atoms with Crippen molar-refractivity contribution < 1.29 is 4.74 Å². The van der Waals surface area contributed by atoms with Gasteiger partial charge in [0.15, 0.2) is 0 Å². The van der Waals surface area contributed by atoms with E-state index in [-0.39, 0.29) is 24.8 Å². The highest BCUT2D eigenvalue weighted by Crippen LogP contribution is 2.13. The topological polar surface area (TPSA) is 39.6 Å². The average Bonchev–Trinajstić information content (AvgIpc) is 2.67. The number of para-hydroxylation sites is 1. The van der Waals surface area contributed by atoms with Gasteiger partial charge in [-0.1, -0.05) is 29.8 Å². The molecule has 4 nitrogen and oxygen atoms in total. The van der Waals surface area contributed by atoms with Crippen LogP contribution in [0.1, 0.15) is 12.0 Å². The van der Waals surface area contributed by atoms with Crippen LogP contribution in [0.5, 0.6) is 5.75 Å². The Balaban J connectivity index is 0.00000182. The lowest BCUT2D eigenvalue weighted by atomic mass is 10.1. The molecule has 3 rings (SSSR count). The normalized spacial score (nSPS) is 14.0. The average molecular weight is 431 g/mol. The fourth-order valence-electron chi connectivity index (χ4n) is 2.98. The van der Waals surface area contributed by atoms with Gasteiger partial charge in [-0.05, 0) is 42.8 Å². The smallest absolute Gasteiger partial charge is 0.128 e. The highest BCUT2D eigenvalue weighted by Gasteiger charge is 2.19. The molecule has 0 unspecified atom stereocenters. The van der Waals surface area contributed by atoms with Crippen LogP contribution in [0.3, 0.4) is 0 Å². The van der Waals surface area contributed by atoms with Crippen LogP contribution in [0.4, 0.5) is 0 Å². The van der Waals surface area contributed by atoms with Gasteiger partial charge in [0.05, 0.1) is 6.61 Å². The number of nitrogens with zero attached hydrogens (tertiary/aromatic N) is 2. The van der Waals surface area contributed by atoms with Crippen molar-refractivity contribution in [3.05, 3.63) is 65.2 Å². The molecule has 0 saturated carbocycles. The summed E-state index contributed by atoms with van der Waals surface area (Å²) in [6.07, 6.45) is 1.02. The van der Waals surface area contributed by atoms with E-state index in [9.17, 15) is 0 Å². The molecule has 0 atom stereocenters. The number of nitrogens with one attached hydrogen (secondary N) is 1. The molecule has 0 aromatic heterocycles. The number of benzene rings is 2. The Kier molecular flexibility index (Phi) is 10.6. The molecule has 27 heavy (non-hydrogen) atoms. The maximum absolute atomic E-state index is 8.37. The van der Waals surface area contributed by atoms with E-state index >= 15 is 0 Å². The van der Waals surface area contributed by atoms with Gasteiger partial charge in [-0.3, -0.25) is 10.3 Å². The van der Waals surface area contributed by atoms with Gasteiger partial charge >= 0.3 is 0 Å². The SMILES string of the molecule is Cl.Cl.N=C(c1ccc(Cl)cc1)N1CCN(CCCOc2ccccc2)CC1. The van der Waals surface area contributed by atoms with Crippen molar-refractivity contribution >= 4 is 42.3 Å². The van der Waals surface area contributed by atoms with E-state index in [0.717, 1.165) is 57.1 Å². The van der Waals surface area contributed by atoms with E-state index < -0.39 is 0 Å². The summed E-state index contributed by atoms with van der Waals surface area (Å²) in [5.41, 5.74) is 0.925. The van der Waals surface area contributed by atoms with Gasteiger partial charge in [0.1, 0.15) is 11.6 Å². The minimum Gasteiger partial charge on any atom is -0.494 e. The molecule has 2 aromatic rings. The number of hydrogen-bond acceptors (Lipinski definition) is 3. The summed E-state index contributed by atoms with van der Waals surface area (Å²) in [6, 6.07) is 17.5. The Labute approximate surface area is 178 Å². The van der Waals surface area contributed by atoms with Crippen molar-refractivity contribution in [3.8, 4) is 5.75 Å². The van der Waals surface area contributed by atoms with Crippen LogP contribution in [0.25, 0.3) is 0 Å². The van der Waals surface area contributed by atoms with Gasteiger partial charge in [-0.15, -0.1) is 24.8 Å². The van der Waals surface area contributed by atoms with E-state index in [1.54, 1.807) is 0 Å². The first-order valence-corrected chi connectivity index (χ1v) is 9.10. The molecule has 1 N–H and O–H groups in total. The van der Waals surface area contributed by atoms with E-state index in [4.69, 9.17) is 21.7 Å². The third kappa shape index (κ3) is 7.23. The maximum Gasteiger partial charge on any atom is 0.128 e. The predicted octanol–water partition coefficient (Wildman–Crippen LogP) is 4.60. The summed E-state index contributed by atoms with van der Waals surface area (Å²) < 4.78 is 5.74. The second-order valence-corrected chi connectivity index (χ2v) is 6.64. The summed E-state index contributed by atoms with van der Waals surface area (Å²) in [5.74, 6) is 1.52. The number of ether oxygens (including phenoxy) is 1. The van der Waals surface area contributed by atoms with Gasteiger partial charge in [-0.2, -0.15) is 0 Å². The molecule has 148 valence electrons. The zero-order chi connectivity index (χ0) is 17.5. The Hall–Kier alpha value is -1.46. The lowest BCUT2D eigenvalue weighted by molar-refractivity contribution is 0.169. The summed E-state index contributed by atoms with van der Waals surface area (Å²) in [7, 11) is 0. The van der Waals surface area contributed by atoms with Gasteiger partial charge in [-0.25, -0.2) is 0 Å². The van der Waals surface area contributed by atoms with Crippen molar-refractivity contribution in [3.63, 3.8) is 0 Å². The zero-order valence-electron chi connectivity index (χ0n) is 15.1. The summed E-state index contributed by atoms with van der Waals surface area (Å²) in [4.78, 5) is 4.58. The molecule has 0 radical (unpaired) electrons. The molecule has 1 heterocycles. The molecule has 0 bridgehead atoms. The van der Waals surface area contributed by atoms with Crippen molar-refractivity contribution in [2.45, 2.75) is 6.42 Å². The number of halogens is 3. The number of rotatable bonds is 6. The Bertz CT molecular complexity index is 675. The van der Waals surface area contributed by atoms with Crippen LogP contribution in [0, 0.1) is 5.41 Å². The van der Waals surface area contributed by atoms with Crippen molar-refractivity contribution in [2.75, 3.05) is 39.3 Å². The van der Waals surface area contributed by atoms with E-state index in [0.29, 0.717) is 10.9 Å². The summed E-state index contributed by atoms with van der Waals surface area (Å²) >= 11 is 5.92. The molecule has 7 heteroatoms. The monoisotopic (exact) mass is 429 g/mol. The fraction of sp³-hybridized carbons (Fsp3) is 0.350. The zero-order valence-corrected chi connectivity index (χ0v) is 17.5. The Morgan fingerprint density at radius 2 is 1.56 bits per heavy atom. The van der Waals surface area contributed by atoms with Crippen LogP contribution in [0.15, 0.2) is 54.6 Å². The molecule has 0 amide bonds. The van der Waals surface area contributed by atoms with Gasteiger partial charge in [0.2, 0.25) is 0 Å². The molecule has 1 aliphatic heterocycles. The Morgan fingerprint density at radius 1 is 0.926 bits per heavy atom. The minimum atomic E-state index is 0. The number of hydrogen-bond donors (Lipinski definition) is 1. The van der Waals surface area contributed by atoms with Crippen LogP contribution in [-0.2, 0) is 0 Å². The number of amidine groups is 1. The van der Waals surface area contributed by atoms with Crippen molar-refractivity contribution in [2.24, 2.45) is 0 Å². The molecular formula is C20H26Cl3N3O. The molecule has 2 aromatic carbocycles. The van der Waals surface area contributed by atoms with Crippen LogP contribution in [-0.4, -0.2) is 55.0 Å². The van der Waals surface area contributed by atoms with E-state index in [1.807, 2.05) is 54.6 Å². The second kappa shape index (κ2) is 12.1. The molecule has 1 fully saturated rings. The lowest BCUT2D eigenvalue weighted by Crippen LogP contribution is -2.49. The first kappa shape index (κ1) is 23.6. The van der Waals surface area contributed by atoms with Crippen LogP contribution < -0.4 is 4.74 Å². The molecule has 1 saturated heterocycles.